The van der Waals surface area contributed by atoms with E-state index in [1.807, 2.05) is 24.3 Å². The first-order valence-electron chi connectivity index (χ1n) is 9.21. The Hall–Kier alpha value is -2.05. The smallest absolute Gasteiger partial charge is 0.371 e. The van der Waals surface area contributed by atoms with Crippen LogP contribution in [-0.2, 0) is 12.6 Å². The second kappa shape index (κ2) is 8.53. The van der Waals surface area contributed by atoms with Crippen LogP contribution in [0.25, 0.3) is 5.70 Å². The van der Waals surface area contributed by atoms with Gasteiger partial charge in [0, 0.05) is 41.6 Å². The number of nitrogens with two attached hydrogens (primary N) is 1. The molecule has 150 valence electrons. The van der Waals surface area contributed by atoms with Gasteiger partial charge in [0.05, 0.1) is 0 Å². The predicted molar refractivity (Wildman–Crippen MR) is 106 cm³/mol. The molecule has 2 heterocycles. The minimum Gasteiger partial charge on any atom is -0.371 e. The van der Waals surface area contributed by atoms with Crippen LogP contribution < -0.4 is 5.73 Å². The van der Waals surface area contributed by atoms with Gasteiger partial charge in [0.25, 0.3) is 0 Å². The van der Waals surface area contributed by atoms with E-state index in [9.17, 15) is 13.2 Å². The molecule has 0 spiro atoms. The number of likely N-dealkylation sites (tertiary alicyclic amines) is 1. The number of halogens is 4. The largest absolute Gasteiger partial charge is 0.433 e. The van der Waals surface area contributed by atoms with E-state index in [0.29, 0.717) is 22.2 Å². The van der Waals surface area contributed by atoms with Gasteiger partial charge in [-0.2, -0.15) is 13.2 Å². The number of rotatable bonds is 5. The molecule has 1 fully saturated rings. The number of nitrogens with zero attached hydrogens (tertiary/aromatic N) is 2. The van der Waals surface area contributed by atoms with Gasteiger partial charge >= 0.3 is 6.18 Å². The Bertz CT molecular complexity index is 812. The van der Waals surface area contributed by atoms with Crippen LogP contribution in [0.2, 0.25) is 5.02 Å². The lowest BCUT2D eigenvalue weighted by Crippen LogP contribution is -2.41. The lowest BCUT2D eigenvalue weighted by molar-refractivity contribution is -0.141. The molecule has 3 nitrogen and oxygen atoms in total. The van der Waals surface area contributed by atoms with E-state index in [0.717, 1.165) is 44.0 Å². The first-order valence-corrected chi connectivity index (χ1v) is 9.59. The number of hydrogen-bond acceptors (Lipinski definition) is 3. The minimum absolute atomic E-state index is 0.0432. The third-order valence-electron chi connectivity index (χ3n) is 5.27. The maximum atomic E-state index is 12.7. The number of pyridine rings is 1. The zero-order chi connectivity index (χ0) is 20.3. The van der Waals surface area contributed by atoms with Gasteiger partial charge in [-0.15, -0.1) is 0 Å². The molecule has 1 aliphatic heterocycles. The summed E-state index contributed by atoms with van der Waals surface area (Å²) in [6.07, 6.45) is -0.599. The summed E-state index contributed by atoms with van der Waals surface area (Å²) in [6, 6.07) is 10.2. The van der Waals surface area contributed by atoms with Crippen molar-refractivity contribution in [2.45, 2.75) is 31.5 Å². The van der Waals surface area contributed by atoms with Crippen LogP contribution in [-0.4, -0.2) is 29.0 Å². The van der Waals surface area contributed by atoms with E-state index in [-0.39, 0.29) is 6.04 Å². The van der Waals surface area contributed by atoms with Gasteiger partial charge in [-0.05, 0) is 55.0 Å². The Morgan fingerprint density at radius 3 is 2.54 bits per heavy atom. The first kappa shape index (κ1) is 20.7. The zero-order valence-corrected chi connectivity index (χ0v) is 16.2. The summed E-state index contributed by atoms with van der Waals surface area (Å²) >= 11 is 6.04. The van der Waals surface area contributed by atoms with Gasteiger partial charge in [-0.3, -0.25) is 4.98 Å². The maximum absolute atomic E-state index is 12.7. The monoisotopic (exact) mass is 409 g/mol. The maximum Gasteiger partial charge on any atom is 0.433 e. The fourth-order valence-corrected chi connectivity index (χ4v) is 3.83. The van der Waals surface area contributed by atoms with Crippen LogP contribution in [0.4, 0.5) is 13.2 Å². The average molecular weight is 410 g/mol. The van der Waals surface area contributed by atoms with Crippen molar-refractivity contribution in [1.82, 2.24) is 9.88 Å². The van der Waals surface area contributed by atoms with Crippen molar-refractivity contribution in [3.63, 3.8) is 0 Å². The highest BCUT2D eigenvalue weighted by Gasteiger charge is 2.32. The Labute approximate surface area is 168 Å². The summed E-state index contributed by atoms with van der Waals surface area (Å²) in [7, 11) is 0. The Kier molecular flexibility index (Phi) is 6.30. The number of benzene rings is 1. The van der Waals surface area contributed by atoms with Crippen LogP contribution in [0.5, 0.6) is 0 Å². The lowest BCUT2D eigenvalue weighted by Gasteiger charge is -2.37. The van der Waals surface area contributed by atoms with Gasteiger partial charge in [0.1, 0.15) is 5.69 Å². The summed E-state index contributed by atoms with van der Waals surface area (Å²) in [4.78, 5) is 5.61. The Morgan fingerprint density at radius 1 is 1.25 bits per heavy atom. The van der Waals surface area contributed by atoms with Crippen molar-refractivity contribution in [3.8, 4) is 0 Å². The quantitative estimate of drug-likeness (QED) is 0.755. The van der Waals surface area contributed by atoms with Crippen molar-refractivity contribution >= 4 is 17.3 Å². The molecule has 0 radical (unpaired) electrons. The molecular weight excluding hydrogens is 387 g/mol. The van der Waals surface area contributed by atoms with E-state index in [1.165, 1.54) is 12.3 Å². The molecule has 2 aromatic rings. The zero-order valence-electron chi connectivity index (χ0n) is 15.4. The molecule has 1 atom stereocenters. The normalized spacial score (nSPS) is 16.8. The molecule has 1 saturated heterocycles. The summed E-state index contributed by atoms with van der Waals surface area (Å²) in [5.41, 5.74) is 7.96. The number of piperidine rings is 1. The van der Waals surface area contributed by atoms with Gasteiger partial charge in [-0.25, -0.2) is 0 Å². The van der Waals surface area contributed by atoms with Crippen molar-refractivity contribution in [2.75, 3.05) is 13.1 Å². The molecule has 3 rings (SSSR count). The third kappa shape index (κ3) is 5.06. The molecule has 0 bridgehead atoms. The van der Waals surface area contributed by atoms with E-state index < -0.39 is 11.9 Å². The fraction of sp³-hybridized carbons (Fsp3) is 0.381. The van der Waals surface area contributed by atoms with Crippen molar-refractivity contribution in [3.05, 3.63) is 71.0 Å². The highest BCUT2D eigenvalue weighted by molar-refractivity contribution is 6.30. The fourth-order valence-electron chi connectivity index (χ4n) is 3.62. The number of aromatic nitrogens is 1. The third-order valence-corrected chi connectivity index (χ3v) is 5.51. The molecule has 1 unspecified atom stereocenters. The molecule has 1 aliphatic rings. The number of hydrogen-bond donors (Lipinski definition) is 1. The molecule has 1 aromatic carbocycles. The molecule has 2 N–H and O–H groups in total. The SMILES string of the molecule is C=C(c1ccc(C(F)(F)F)nc1)N1CCC(C(N)Cc2cccc(Cl)c2)CC1. The summed E-state index contributed by atoms with van der Waals surface area (Å²) in [5.74, 6) is 0.383. The predicted octanol–water partition coefficient (Wildman–Crippen LogP) is 5.01. The van der Waals surface area contributed by atoms with Crippen LogP contribution in [0, 0.1) is 5.92 Å². The van der Waals surface area contributed by atoms with Gasteiger partial charge in [0.15, 0.2) is 0 Å². The van der Waals surface area contributed by atoms with Crippen LogP contribution in [0.3, 0.4) is 0 Å². The van der Waals surface area contributed by atoms with E-state index >= 15 is 0 Å². The number of alkyl halides is 3. The molecule has 28 heavy (non-hydrogen) atoms. The second-order valence-electron chi connectivity index (χ2n) is 7.20. The molecule has 0 aliphatic carbocycles. The van der Waals surface area contributed by atoms with Gasteiger partial charge < -0.3 is 10.6 Å². The molecular formula is C21H23ClF3N3. The van der Waals surface area contributed by atoms with Crippen LogP contribution in [0.1, 0.15) is 29.7 Å². The second-order valence-corrected chi connectivity index (χ2v) is 7.64. The van der Waals surface area contributed by atoms with E-state index in [1.54, 1.807) is 0 Å². The van der Waals surface area contributed by atoms with E-state index in [4.69, 9.17) is 17.3 Å². The summed E-state index contributed by atoms with van der Waals surface area (Å²) < 4.78 is 38.0. The highest BCUT2D eigenvalue weighted by Crippen LogP contribution is 2.30. The molecule has 0 saturated carbocycles. The standard InChI is InChI=1S/C21H23ClF3N3/c1-14(17-5-6-20(27-13-17)21(23,24)25)28-9-7-16(8-10-28)19(26)12-15-3-2-4-18(22)11-15/h2-6,11,13,16,19H,1,7-10,12,26H2. The minimum atomic E-state index is -4.43. The van der Waals surface area contributed by atoms with Crippen molar-refractivity contribution < 1.29 is 13.2 Å². The van der Waals surface area contributed by atoms with Gasteiger partial charge in [-0.1, -0.05) is 30.3 Å². The highest BCUT2D eigenvalue weighted by atomic mass is 35.5. The lowest BCUT2D eigenvalue weighted by atomic mass is 9.86. The first-order chi connectivity index (χ1) is 13.2. The van der Waals surface area contributed by atoms with Crippen LogP contribution >= 0.6 is 11.6 Å². The van der Waals surface area contributed by atoms with Crippen LogP contribution in [0.15, 0.2) is 49.2 Å². The molecule has 0 amide bonds. The van der Waals surface area contributed by atoms with E-state index in [2.05, 4.69) is 16.5 Å². The summed E-state index contributed by atoms with van der Waals surface area (Å²) in [6.45, 7) is 5.59. The Morgan fingerprint density at radius 2 is 1.96 bits per heavy atom. The average Bonchev–Trinajstić information content (AvgIpc) is 2.67. The van der Waals surface area contributed by atoms with Gasteiger partial charge in [0.2, 0.25) is 0 Å². The van der Waals surface area contributed by atoms with Crippen molar-refractivity contribution in [2.24, 2.45) is 11.7 Å². The van der Waals surface area contributed by atoms with Crippen molar-refractivity contribution in [1.29, 1.82) is 0 Å². The topological polar surface area (TPSA) is 42.2 Å². The molecule has 7 heteroatoms. The Balaban J connectivity index is 1.55. The molecule has 1 aromatic heterocycles. The summed E-state index contributed by atoms with van der Waals surface area (Å²) in [5, 5.41) is 0.709.